The van der Waals surface area contributed by atoms with E-state index in [-0.39, 0.29) is 29.5 Å². The third-order valence-corrected chi connectivity index (χ3v) is 8.42. The Labute approximate surface area is 170 Å². The van der Waals surface area contributed by atoms with Gasteiger partial charge < -0.3 is 14.4 Å². The van der Waals surface area contributed by atoms with Crippen molar-refractivity contribution in [2.45, 2.75) is 55.5 Å². The summed E-state index contributed by atoms with van der Waals surface area (Å²) in [4.78, 5) is 16.0. The summed E-state index contributed by atoms with van der Waals surface area (Å²) in [6, 6.07) is 5.80. The number of carbonyl (C=O) groups excluding carboxylic acids is 1. The van der Waals surface area contributed by atoms with Crippen molar-refractivity contribution >= 4 is 27.5 Å². The second-order valence-corrected chi connectivity index (χ2v) is 11.0. The van der Waals surface area contributed by atoms with Gasteiger partial charge in [-0.15, -0.1) is 11.8 Å². The smallest absolute Gasteiger partial charge is 0.233 e. The van der Waals surface area contributed by atoms with Crippen LogP contribution in [0.4, 0.5) is 0 Å². The lowest BCUT2D eigenvalue weighted by Crippen LogP contribution is -2.47. The summed E-state index contributed by atoms with van der Waals surface area (Å²) in [7, 11) is -3.02. The highest BCUT2D eigenvalue weighted by atomic mass is 32.2. The van der Waals surface area contributed by atoms with Crippen molar-refractivity contribution < 1.29 is 22.7 Å². The first-order valence-corrected chi connectivity index (χ1v) is 12.9. The standard InChI is InChI=1S/C20H27NO5S2/c22-20(13-27-17-6-7-18-19(12-17)26-10-3-9-25-18)21(15-4-1-2-5-15)16-8-11-28(23,24)14-16/h6-7,12,15-16H,1-5,8-11,13-14H2. The van der Waals surface area contributed by atoms with Gasteiger partial charge in [-0.25, -0.2) is 8.42 Å². The minimum absolute atomic E-state index is 0.0473. The van der Waals surface area contributed by atoms with Gasteiger partial charge in [-0.1, -0.05) is 12.8 Å². The van der Waals surface area contributed by atoms with Gasteiger partial charge in [0.05, 0.1) is 30.5 Å². The average Bonchev–Trinajstić information content (AvgIpc) is 3.24. The summed E-state index contributed by atoms with van der Waals surface area (Å²) in [5.41, 5.74) is 0. The van der Waals surface area contributed by atoms with Crippen molar-refractivity contribution in [1.82, 2.24) is 4.90 Å². The predicted molar refractivity (Wildman–Crippen MR) is 109 cm³/mol. The summed E-state index contributed by atoms with van der Waals surface area (Å²) in [5, 5.41) is 0. The second-order valence-electron chi connectivity index (χ2n) is 7.74. The Bertz CT molecular complexity index is 820. The highest BCUT2D eigenvalue weighted by molar-refractivity contribution is 8.00. The second kappa shape index (κ2) is 8.53. The highest BCUT2D eigenvalue weighted by Gasteiger charge is 2.38. The van der Waals surface area contributed by atoms with Crippen molar-refractivity contribution in [3.8, 4) is 11.5 Å². The van der Waals surface area contributed by atoms with Crippen LogP contribution < -0.4 is 9.47 Å². The number of fused-ring (bicyclic) bond motifs is 1. The summed E-state index contributed by atoms with van der Waals surface area (Å²) < 4.78 is 35.3. The van der Waals surface area contributed by atoms with Crippen LogP contribution in [0.25, 0.3) is 0 Å². The van der Waals surface area contributed by atoms with Crippen molar-refractivity contribution in [3.05, 3.63) is 18.2 Å². The number of thioether (sulfide) groups is 1. The summed E-state index contributed by atoms with van der Waals surface area (Å²) >= 11 is 1.48. The molecule has 154 valence electrons. The molecule has 28 heavy (non-hydrogen) atoms. The van der Waals surface area contributed by atoms with Crippen LogP contribution in [0.5, 0.6) is 11.5 Å². The van der Waals surface area contributed by atoms with Crippen LogP contribution in [0.3, 0.4) is 0 Å². The first kappa shape index (κ1) is 19.9. The van der Waals surface area contributed by atoms with Crippen molar-refractivity contribution in [2.75, 3.05) is 30.5 Å². The molecule has 2 aliphatic heterocycles. The molecule has 3 aliphatic rings. The predicted octanol–water partition coefficient (Wildman–Crippen LogP) is 2.90. The maximum Gasteiger partial charge on any atom is 0.233 e. The molecule has 0 spiro atoms. The van der Waals surface area contributed by atoms with Crippen LogP contribution in [-0.2, 0) is 14.6 Å². The van der Waals surface area contributed by atoms with E-state index in [0.29, 0.717) is 25.4 Å². The van der Waals surface area contributed by atoms with E-state index in [1.165, 1.54) is 11.8 Å². The Morgan fingerprint density at radius 1 is 1.04 bits per heavy atom. The quantitative estimate of drug-likeness (QED) is 0.676. The minimum atomic E-state index is -3.02. The number of carbonyl (C=O) groups is 1. The SMILES string of the molecule is O=C(CSc1ccc2c(c1)OCCCO2)N(C1CCCC1)C1CCS(=O)(=O)C1. The highest BCUT2D eigenvalue weighted by Crippen LogP contribution is 2.35. The number of nitrogens with zero attached hydrogens (tertiary/aromatic N) is 1. The Morgan fingerprint density at radius 3 is 2.50 bits per heavy atom. The molecule has 6 nitrogen and oxygen atoms in total. The maximum atomic E-state index is 13.1. The fourth-order valence-electron chi connectivity index (χ4n) is 4.34. The normalized spacial score (nSPS) is 24.1. The van der Waals surface area contributed by atoms with Crippen LogP contribution in [0, 0.1) is 0 Å². The van der Waals surface area contributed by atoms with Gasteiger partial charge in [-0.05, 0) is 37.5 Å². The monoisotopic (exact) mass is 425 g/mol. The first-order chi connectivity index (χ1) is 13.5. The van der Waals surface area contributed by atoms with Crippen LogP contribution in [0.15, 0.2) is 23.1 Å². The molecule has 0 bridgehead atoms. The third-order valence-electron chi connectivity index (χ3n) is 5.69. The fraction of sp³-hybridized carbons (Fsp3) is 0.650. The average molecular weight is 426 g/mol. The van der Waals surface area contributed by atoms with Gasteiger partial charge in [0.2, 0.25) is 5.91 Å². The molecule has 1 aliphatic carbocycles. The first-order valence-electron chi connectivity index (χ1n) is 10.1. The topological polar surface area (TPSA) is 72.9 Å². The number of amides is 1. The van der Waals surface area contributed by atoms with Crippen LogP contribution in [0.2, 0.25) is 0 Å². The molecule has 0 aromatic heterocycles. The Morgan fingerprint density at radius 2 is 1.79 bits per heavy atom. The van der Waals surface area contributed by atoms with Gasteiger partial charge in [-0.2, -0.15) is 0 Å². The zero-order chi connectivity index (χ0) is 19.6. The molecule has 8 heteroatoms. The number of hydrogen-bond acceptors (Lipinski definition) is 6. The van der Waals surface area contributed by atoms with Gasteiger partial charge in [0.15, 0.2) is 21.3 Å². The molecular formula is C20H27NO5S2. The molecule has 1 atom stereocenters. The summed E-state index contributed by atoms with van der Waals surface area (Å²) in [6.45, 7) is 1.28. The van der Waals surface area contributed by atoms with E-state index in [1.807, 2.05) is 23.1 Å². The Hall–Kier alpha value is -1.41. The zero-order valence-corrected chi connectivity index (χ0v) is 17.6. The molecule has 1 aromatic rings. The largest absolute Gasteiger partial charge is 0.490 e. The van der Waals surface area contributed by atoms with E-state index in [9.17, 15) is 13.2 Å². The number of ether oxygens (including phenoxy) is 2. The van der Waals surface area contributed by atoms with E-state index in [2.05, 4.69) is 0 Å². The summed E-state index contributed by atoms with van der Waals surface area (Å²) in [5.74, 6) is 2.15. The summed E-state index contributed by atoms with van der Waals surface area (Å²) in [6.07, 6.45) is 5.62. The lowest BCUT2D eigenvalue weighted by atomic mass is 10.1. The van der Waals surface area contributed by atoms with Crippen LogP contribution in [-0.4, -0.2) is 61.8 Å². The molecule has 4 rings (SSSR count). The van der Waals surface area contributed by atoms with Crippen molar-refractivity contribution in [3.63, 3.8) is 0 Å². The number of hydrogen-bond donors (Lipinski definition) is 0. The van der Waals surface area contributed by atoms with E-state index >= 15 is 0 Å². The molecule has 1 unspecified atom stereocenters. The van der Waals surface area contributed by atoms with Crippen LogP contribution in [0.1, 0.15) is 38.5 Å². The molecule has 2 heterocycles. The molecule has 0 N–H and O–H groups in total. The molecule has 2 fully saturated rings. The van der Waals surface area contributed by atoms with Gasteiger partial charge in [0.1, 0.15) is 0 Å². The number of benzene rings is 1. The van der Waals surface area contributed by atoms with Gasteiger partial charge in [0.25, 0.3) is 0 Å². The van der Waals surface area contributed by atoms with Crippen molar-refractivity contribution in [1.29, 1.82) is 0 Å². The molecule has 1 saturated carbocycles. The minimum Gasteiger partial charge on any atom is -0.490 e. The third kappa shape index (κ3) is 4.59. The van der Waals surface area contributed by atoms with E-state index in [1.54, 1.807) is 0 Å². The molecular weight excluding hydrogens is 398 g/mol. The maximum absolute atomic E-state index is 13.1. The van der Waals surface area contributed by atoms with E-state index in [4.69, 9.17) is 9.47 Å². The van der Waals surface area contributed by atoms with Gasteiger partial charge in [0, 0.05) is 23.4 Å². The molecule has 1 aromatic carbocycles. The number of sulfone groups is 1. The van der Waals surface area contributed by atoms with Gasteiger partial charge in [-0.3, -0.25) is 4.79 Å². The molecule has 1 saturated heterocycles. The lowest BCUT2D eigenvalue weighted by molar-refractivity contribution is -0.132. The van der Waals surface area contributed by atoms with E-state index in [0.717, 1.165) is 48.5 Å². The Balaban J connectivity index is 1.43. The fourth-order valence-corrected chi connectivity index (χ4v) is 6.84. The van der Waals surface area contributed by atoms with Crippen LogP contribution >= 0.6 is 11.8 Å². The van der Waals surface area contributed by atoms with E-state index < -0.39 is 9.84 Å². The molecule has 1 amide bonds. The lowest BCUT2D eigenvalue weighted by Gasteiger charge is -2.34. The Kier molecular flexibility index (Phi) is 6.06. The zero-order valence-electron chi connectivity index (χ0n) is 16.0. The van der Waals surface area contributed by atoms with Gasteiger partial charge >= 0.3 is 0 Å². The van der Waals surface area contributed by atoms with Crippen molar-refractivity contribution in [2.24, 2.45) is 0 Å². The molecule has 0 radical (unpaired) electrons. The number of rotatable bonds is 5.